The van der Waals surface area contributed by atoms with Crippen molar-refractivity contribution in [2.75, 3.05) is 20.1 Å². The number of likely N-dealkylation sites (N-methyl/N-ethyl adjacent to an activating group) is 1. The zero-order chi connectivity index (χ0) is 16.0. The molecule has 0 aliphatic heterocycles. The normalized spacial score (nSPS) is 16.0. The predicted octanol–water partition coefficient (Wildman–Crippen LogP) is 1.88. The Morgan fingerprint density at radius 1 is 1.00 bits per heavy atom. The van der Waals surface area contributed by atoms with Gasteiger partial charge in [-0.1, -0.05) is 10.4 Å². The van der Waals surface area contributed by atoms with E-state index in [4.69, 9.17) is 0 Å². The molecule has 0 aliphatic carbocycles. The maximum atomic E-state index is 10.6. The summed E-state index contributed by atoms with van der Waals surface area (Å²) in [6.45, 7) is 12.8. The lowest BCUT2D eigenvalue weighted by molar-refractivity contribution is 0.132. The second kappa shape index (κ2) is 7.75. The standard InChI is InChI=1S/C13H29N5O2/c1-10(15-19)12(3,4)14-8-9-18(7)17-13(5,6)11(2)16-20/h10-11,14,17H,8-9H2,1-7H3. The molecule has 0 rings (SSSR count). The summed E-state index contributed by atoms with van der Waals surface area (Å²) in [4.78, 5) is 21.2. The third-order valence-electron chi connectivity index (χ3n) is 3.91. The van der Waals surface area contributed by atoms with Crippen LogP contribution < -0.4 is 10.7 Å². The van der Waals surface area contributed by atoms with E-state index in [1.807, 2.05) is 39.8 Å². The zero-order valence-electron chi connectivity index (χ0n) is 13.7. The summed E-state index contributed by atoms with van der Waals surface area (Å²) >= 11 is 0. The van der Waals surface area contributed by atoms with Crippen molar-refractivity contribution >= 4 is 0 Å². The molecule has 7 heteroatoms. The fourth-order valence-electron chi connectivity index (χ4n) is 1.60. The van der Waals surface area contributed by atoms with Crippen LogP contribution in [0.3, 0.4) is 0 Å². The van der Waals surface area contributed by atoms with E-state index < -0.39 is 5.54 Å². The van der Waals surface area contributed by atoms with Crippen LogP contribution in [-0.4, -0.2) is 48.3 Å². The quantitative estimate of drug-likeness (QED) is 0.473. The van der Waals surface area contributed by atoms with Gasteiger partial charge in [-0.2, -0.15) is 9.81 Å². The molecule has 0 aromatic rings. The third-order valence-corrected chi connectivity index (χ3v) is 3.91. The summed E-state index contributed by atoms with van der Waals surface area (Å²) < 4.78 is 0. The number of hydrazine groups is 1. The fraction of sp³-hybridized carbons (Fsp3) is 1.00. The van der Waals surface area contributed by atoms with Crippen LogP contribution in [0.2, 0.25) is 0 Å². The van der Waals surface area contributed by atoms with Crippen molar-refractivity contribution in [3.05, 3.63) is 9.81 Å². The van der Waals surface area contributed by atoms with E-state index >= 15 is 0 Å². The molecular formula is C13H29N5O2. The van der Waals surface area contributed by atoms with E-state index in [0.717, 1.165) is 6.54 Å². The van der Waals surface area contributed by atoms with Gasteiger partial charge in [0.15, 0.2) is 0 Å². The lowest BCUT2D eigenvalue weighted by atomic mass is 9.97. The Hall–Kier alpha value is -0.920. The van der Waals surface area contributed by atoms with Gasteiger partial charge >= 0.3 is 0 Å². The van der Waals surface area contributed by atoms with Crippen LogP contribution in [0.25, 0.3) is 0 Å². The van der Waals surface area contributed by atoms with Crippen LogP contribution >= 0.6 is 0 Å². The molecule has 0 amide bonds. The molecule has 2 N–H and O–H groups in total. The summed E-state index contributed by atoms with van der Waals surface area (Å²) in [5.74, 6) is 0. The van der Waals surface area contributed by atoms with Crippen molar-refractivity contribution in [2.45, 2.75) is 64.7 Å². The van der Waals surface area contributed by atoms with Gasteiger partial charge in [-0.05, 0) is 41.5 Å². The Kier molecular flexibility index (Phi) is 7.40. The summed E-state index contributed by atoms with van der Waals surface area (Å²) in [5.41, 5.74) is 2.51. The number of rotatable bonds is 10. The van der Waals surface area contributed by atoms with E-state index in [9.17, 15) is 9.81 Å². The highest BCUT2D eigenvalue weighted by Gasteiger charge is 2.28. The van der Waals surface area contributed by atoms with E-state index in [2.05, 4.69) is 21.1 Å². The summed E-state index contributed by atoms with van der Waals surface area (Å²) in [6, 6.07) is -0.620. The fourth-order valence-corrected chi connectivity index (χ4v) is 1.60. The van der Waals surface area contributed by atoms with Crippen molar-refractivity contribution in [3.63, 3.8) is 0 Å². The average molecular weight is 287 g/mol. The highest BCUT2D eigenvalue weighted by molar-refractivity contribution is 4.89. The first-order valence-electron chi connectivity index (χ1n) is 6.95. The largest absolute Gasteiger partial charge is 0.308 e. The maximum absolute atomic E-state index is 10.6. The van der Waals surface area contributed by atoms with E-state index in [0.29, 0.717) is 6.54 Å². The first-order valence-corrected chi connectivity index (χ1v) is 6.95. The molecular weight excluding hydrogens is 258 g/mol. The average Bonchev–Trinajstić information content (AvgIpc) is 2.35. The minimum Gasteiger partial charge on any atom is -0.308 e. The molecule has 0 saturated heterocycles. The first kappa shape index (κ1) is 19.1. The third kappa shape index (κ3) is 6.02. The highest BCUT2D eigenvalue weighted by Crippen LogP contribution is 2.13. The van der Waals surface area contributed by atoms with Crippen LogP contribution in [0.1, 0.15) is 41.5 Å². The molecule has 0 aliphatic rings. The smallest absolute Gasteiger partial charge is 0.108 e. The number of nitroso groups, excluding NO2 is 2. The van der Waals surface area contributed by atoms with Gasteiger partial charge in [0.2, 0.25) is 0 Å². The molecule has 7 nitrogen and oxygen atoms in total. The molecule has 0 spiro atoms. The Bertz CT molecular complexity index is 320. The lowest BCUT2D eigenvalue weighted by Crippen LogP contribution is -2.56. The Balaban J connectivity index is 4.21. The van der Waals surface area contributed by atoms with Crippen molar-refractivity contribution in [1.82, 2.24) is 15.8 Å². The Morgan fingerprint density at radius 2 is 1.45 bits per heavy atom. The molecule has 0 heterocycles. The van der Waals surface area contributed by atoms with Gasteiger partial charge in [-0.15, -0.1) is 0 Å². The second-order valence-corrected chi connectivity index (χ2v) is 6.47. The van der Waals surface area contributed by atoms with Gasteiger partial charge in [0.25, 0.3) is 0 Å². The molecule has 0 bridgehead atoms. The minimum atomic E-state index is -0.399. The number of nitrogens with one attached hydrogen (secondary N) is 2. The van der Waals surface area contributed by atoms with Gasteiger partial charge in [-0.25, -0.2) is 10.4 Å². The zero-order valence-corrected chi connectivity index (χ0v) is 13.7. The van der Waals surface area contributed by atoms with Crippen molar-refractivity contribution in [2.24, 2.45) is 10.4 Å². The SMILES string of the molecule is CC(N=O)C(C)(C)NCCN(C)NC(C)(C)C(C)N=O. The van der Waals surface area contributed by atoms with Crippen molar-refractivity contribution < 1.29 is 0 Å². The Labute approximate surface area is 121 Å². The van der Waals surface area contributed by atoms with Gasteiger partial charge in [0.05, 0.1) is 5.54 Å². The van der Waals surface area contributed by atoms with Crippen LogP contribution in [0, 0.1) is 9.81 Å². The number of nitrogens with zero attached hydrogens (tertiary/aromatic N) is 3. The first-order chi connectivity index (χ1) is 9.06. The number of hydrogen-bond donors (Lipinski definition) is 2. The molecule has 2 atom stereocenters. The van der Waals surface area contributed by atoms with Crippen molar-refractivity contribution in [3.8, 4) is 0 Å². The highest BCUT2D eigenvalue weighted by atomic mass is 16.3. The van der Waals surface area contributed by atoms with Gasteiger partial charge < -0.3 is 5.32 Å². The monoisotopic (exact) mass is 287 g/mol. The topological polar surface area (TPSA) is 86.2 Å². The van der Waals surface area contributed by atoms with Crippen molar-refractivity contribution in [1.29, 1.82) is 0 Å². The van der Waals surface area contributed by atoms with Crippen LogP contribution in [0.5, 0.6) is 0 Å². The number of hydrogen-bond acceptors (Lipinski definition) is 7. The molecule has 0 saturated carbocycles. The summed E-state index contributed by atoms with van der Waals surface area (Å²) in [6.07, 6.45) is 0. The molecule has 2 unspecified atom stereocenters. The molecule has 0 radical (unpaired) electrons. The van der Waals surface area contributed by atoms with Crippen LogP contribution in [-0.2, 0) is 0 Å². The minimum absolute atomic E-state index is 0.295. The molecule has 20 heavy (non-hydrogen) atoms. The van der Waals surface area contributed by atoms with Crippen LogP contribution in [0.15, 0.2) is 10.4 Å². The van der Waals surface area contributed by atoms with E-state index in [-0.39, 0.29) is 17.6 Å². The predicted molar refractivity (Wildman–Crippen MR) is 82.4 cm³/mol. The molecule has 118 valence electrons. The van der Waals surface area contributed by atoms with Gasteiger partial charge in [-0.3, -0.25) is 0 Å². The second-order valence-electron chi connectivity index (χ2n) is 6.47. The van der Waals surface area contributed by atoms with Gasteiger partial charge in [0.1, 0.15) is 12.1 Å². The molecule has 0 fully saturated rings. The Morgan fingerprint density at radius 3 is 1.90 bits per heavy atom. The molecule has 0 aromatic heterocycles. The van der Waals surface area contributed by atoms with E-state index in [1.54, 1.807) is 13.8 Å². The van der Waals surface area contributed by atoms with Gasteiger partial charge in [0, 0.05) is 25.7 Å². The molecule has 0 aromatic carbocycles. The summed E-state index contributed by atoms with van der Waals surface area (Å²) in [5, 5.41) is 11.4. The van der Waals surface area contributed by atoms with Crippen LogP contribution in [0.4, 0.5) is 0 Å². The lowest BCUT2D eigenvalue weighted by Gasteiger charge is -2.35. The van der Waals surface area contributed by atoms with E-state index in [1.165, 1.54) is 0 Å². The summed E-state index contributed by atoms with van der Waals surface area (Å²) in [7, 11) is 1.91. The maximum Gasteiger partial charge on any atom is 0.108 e.